The lowest BCUT2D eigenvalue weighted by atomic mass is 10.1. The van der Waals surface area contributed by atoms with E-state index in [0.29, 0.717) is 6.54 Å². The minimum Gasteiger partial charge on any atom is -0.478 e. The number of hydrogen-bond acceptors (Lipinski definition) is 4. The van der Waals surface area contributed by atoms with Crippen molar-refractivity contribution in [1.82, 2.24) is 4.98 Å². The molecule has 2 rings (SSSR count). The Balaban J connectivity index is 2.32. The van der Waals surface area contributed by atoms with Gasteiger partial charge in [0, 0.05) is 12.4 Å². The van der Waals surface area contributed by atoms with Crippen LogP contribution in [0.2, 0.25) is 0 Å². The Morgan fingerprint density at radius 1 is 1.53 bits per heavy atom. The topological polar surface area (TPSA) is 53.4 Å². The molecule has 0 radical (unpaired) electrons. The van der Waals surface area contributed by atoms with Crippen LogP contribution in [0.1, 0.15) is 21.1 Å². The predicted octanol–water partition coefficient (Wildman–Crippen LogP) is 2.93. The van der Waals surface area contributed by atoms with E-state index in [-0.39, 0.29) is 11.3 Å². The number of para-hydroxylation sites is 1. The molecular weight excluding hydrogens is 267 g/mol. The number of rotatable bonds is 4. The van der Waals surface area contributed by atoms with Gasteiger partial charge in [0.1, 0.15) is 5.82 Å². The Morgan fingerprint density at radius 2 is 2.26 bits per heavy atom. The van der Waals surface area contributed by atoms with Gasteiger partial charge in [0.25, 0.3) is 0 Å². The number of hydrogen-bond donors (Lipinski definition) is 1. The van der Waals surface area contributed by atoms with Crippen molar-refractivity contribution in [3.05, 3.63) is 45.7 Å². The highest BCUT2D eigenvalue weighted by Gasteiger charge is 2.18. The maximum atomic E-state index is 13.8. The lowest BCUT2D eigenvalue weighted by Crippen LogP contribution is -2.21. The summed E-state index contributed by atoms with van der Waals surface area (Å²) in [7, 11) is 1.65. The molecule has 6 heteroatoms. The summed E-state index contributed by atoms with van der Waals surface area (Å²) in [5, 5.41) is 11.9. The number of carboxylic acids is 1. The second kappa shape index (κ2) is 5.36. The summed E-state index contributed by atoms with van der Waals surface area (Å²) in [6.45, 7) is 2.26. The first-order valence-corrected chi connectivity index (χ1v) is 6.51. The zero-order valence-corrected chi connectivity index (χ0v) is 11.4. The Labute approximate surface area is 114 Å². The SMILES string of the molecule is Cc1nc(CN(C)c2c(F)cccc2C(=O)O)cs1. The molecule has 0 unspecified atom stereocenters. The quantitative estimate of drug-likeness (QED) is 0.935. The van der Waals surface area contributed by atoms with Crippen LogP contribution in [0, 0.1) is 12.7 Å². The second-order valence-corrected chi connectivity index (χ2v) is 5.22. The van der Waals surface area contributed by atoms with E-state index < -0.39 is 11.8 Å². The van der Waals surface area contributed by atoms with Gasteiger partial charge in [-0.3, -0.25) is 0 Å². The summed E-state index contributed by atoms with van der Waals surface area (Å²) in [5.74, 6) is -1.69. The first-order chi connectivity index (χ1) is 8.99. The minimum atomic E-state index is -1.14. The van der Waals surface area contributed by atoms with E-state index in [9.17, 15) is 9.18 Å². The number of aromatic nitrogens is 1. The summed E-state index contributed by atoms with van der Waals surface area (Å²) in [6.07, 6.45) is 0. The Kier molecular flexibility index (Phi) is 3.80. The van der Waals surface area contributed by atoms with Crippen LogP contribution >= 0.6 is 11.3 Å². The first kappa shape index (κ1) is 13.5. The highest BCUT2D eigenvalue weighted by Crippen LogP contribution is 2.25. The van der Waals surface area contributed by atoms with Crippen molar-refractivity contribution in [3.8, 4) is 0 Å². The van der Waals surface area contributed by atoms with Gasteiger partial charge in [-0.2, -0.15) is 0 Å². The molecule has 1 aromatic carbocycles. The molecule has 4 nitrogen and oxygen atoms in total. The zero-order valence-electron chi connectivity index (χ0n) is 10.6. The molecule has 0 fully saturated rings. The van der Waals surface area contributed by atoms with Crippen molar-refractivity contribution in [1.29, 1.82) is 0 Å². The van der Waals surface area contributed by atoms with Crippen LogP contribution in [-0.2, 0) is 6.54 Å². The average molecular weight is 280 g/mol. The van der Waals surface area contributed by atoms with Crippen molar-refractivity contribution in [2.24, 2.45) is 0 Å². The van der Waals surface area contributed by atoms with Gasteiger partial charge in [-0.05, 0) is 19.1 Å². The van der Waals surface area contributed by atoms with Crippen LogP contribution in [0.25, 0.3) is 0 Å². The van der Waals surface area contributed by atoms with Crippen molar-refractivity contribution in [2.45, 2.75) is 13.5 Å². The number of halogens is 1. The van der Waals surface area contributed by atoms with Gasteiger partial charge >= 0.3 is 5.97 Å². The van der Waals surface area contributed by atoms with Crippen LogP contribution in [0.5, 0.6) is 0 Å². The fraction of sp³-hybridized carbons (Fsp3) is 0.231. The van der Waals surface area contributed by atoms with Crippen LogP contribution in [0.3, 0.4) is 0 Å². The van der Waals surface area contributed by atoms with E-state index in [0.717, 1.165) is 10.7 Å². The van der Waals surface area contributed by atoms with Crippen molar-refractivity contribution in [3.63, 3.8) is 0 Å². The zero-order chi connectivity index (χ0) is 14.0. The lowest BCUT2D eigenvalue weighted by Gasteiger charge is -2.20. The molecule has 0 amide bonds. The fourth-order valence-electron chi connectivity index (χ4n) is 1.88. The molecule has 0 aliphatic rings. The summed E-state index contributed by atoms with van der Waals surface area (Å²) in [4.78, 5) is 17.0. The van der Waals surface area contributed by atoms with Gasteiger partial charge < -0.3 is 10.0 Å². The number of aromatic carboxylic acids is 1. The fourth-order valence-corrected chi connectivity index (χ4v) is 2.48. The van der Waals surface area contributed by atoms with Crippen LogP contribution in [0.15, 0.2) is 23.6 Å². The number of nitrogens with zero attached hydrogens (tertiary/aromatic N) is 2. The summed E-state index contributed by atoms with van der Waals surface area (Å²) in [5.41, 5.74) is 0.833. The maximum Gasteiger partial charge on any atom is 0.337 e. The predicted molar refractivity (Wildman–Crippen MR) is 72.3 cm³/mol. The van der Waals surface area contributed by atoms with Gasteiger partial charge in [0.2, 0.25) is 0 Å². The molecule has 1 heterocycles. The van der Waals surface area contributed by atoms with Gasteiger partial charge in [-0.25, -0.2) is 14.2 Å². The smallest absolute Gasteiger partial charge is 0.337 e. The van der Waals surface area contributed by atoms with Crippen LogP contribution < -0.4 is 4.90 Å². The Hall–Kier alpha value is -1.95. The molecular formula is C13H13FN2O2S. The highest BCUT2D eigenvalue weighted by molar-refractivity contribution is 7.09. The van der Waals surface area contributed by atoms with Crippen LogP contribution in [0.4, 0.5) is 10.1 Å². The van der Waals surface area contributed by atoms with E-state index in [4.69, 9.17) is 5.11 Å². The van der Waals surface area contributed by atoms with Gasteiger partial charge in [0.15, 0.2) is 0 Å². The molecule has 0 aliphatic carbocycles. The number of aryl methyl sites for hydroxylation is 1. The summed E-state index contributed by atoms with van der Waals surface area (Å²) >= 11 is 1.51. The standard InChI is InChI=1S/C13H13FN2O2S/c1-8-15-9(7-19-8)6-16(2)12-10(13(17)18)4-3-5-11(12)14/h3-5,7H,6H2,1-2H3,(H,17,18). The van der Waals surface area contributed by atoms with Gasteiger partial charge in [0.05, 0.1) is 28.5 Å². The molecule has 19 heavy (non-hydrogen) atoms. The monoisotopic (exact) mass is 280 g/mol. The average Bonchev–Trinajstić information content (AvgIpc) is 2.74. The third kappa shape index (κ3) is 2.90. The van der Waals surface area contributed by atoms with Crippen molar-refractivity contribution >= 4 is 23.0 Å². The molecule has 100 valence electrons. The summed E-state index contributed by atoms with van der Waals surface area (Å²) in [6, 6.07) is 4.04. The molecule has 0 bridgehead atoms. The van der Waals surface area contributed by atoms with E-state index in [1.807, 2.05) is 12.3 Å². The van der Waals surface area contributed by atoms with Crippen molar-refractivity contribution < 1.29 is 14.3 Å². The molecule has 1 aromatic heterocycles. The van der Waals surface area contributed by atoms with E-state index in [2.05, 4.69) is 4.98 Å². The third-order valence-corrected chi connectivity index (χ3v) is 3.49. The molecule has 0 spiro atoms. The van der Waals surface area contributed by atoms with Crippen molar-refractivity contribution in [2.75, 3.05) is 11.9 Å². The van der Waals surface area contributed by atoms with Crippen LogP contribution in [-0.4, -0.2) is 23.1 Å². The Bertz CT molecular complexity index is 612. The number of carbonyl (C=O) groups is 1. The van der Waals surface area contributed by atoms with Gasteiger partial charge in [-0.1, -0.05) is 6.07 Å². The molecule has 0 saturated carbocycles. The number of thiazole rings is 1. The van der Waals surface area contributed by atoms with E-state index in [1.54, 1.807) is 11.9 Å². The van der Waals surface area contributed by atoms with E-state index in [1.165, 1.54) is 29.5 Å². The summed E-state index contributed by atoms with van der Waals surface area (Å²) < 4.78 is 13.8. The molecule has 1 N–H and O–H groups in total. The van der Waals surface area contributed by atoms with E-state index >= 15 is 0 Å². The normalized spacial score (nSPS) is 10.5. The number of carboxylic acid groups (broad SMARTS) is 1. The first-order valence-electron chi connectivity index (χ1n) is 5.63. The second-order valence-electron chi connectivity index (χ2n) is 4.16. The molecule has 0 saturated heterocycles. The largest absolute Gasteiger partial charge is 0.478 e. The molecule has 2 aromatic rings. The molecule has 0 aliphatic heterocycles. The maximum absolute atomic E-state index is 13.8. The highest BCUT2D eigenvalue weighted by atomic mass is 32.1. The molecule has 0 atom stereocenters. The number of benzene rings is 1. The lowest BCUT2D eigenvalue weighted by molar-refractivity contribution is 0.0697. The third-order valence-electron chi connectivity index (χ3n) is 2.66. The minimum absolute atomic E-state index is 0.0468. The van der Waals surface area contributed by atoms with Gasteiger partial charge in [-0.15, -0.1) is 11.3 Å². The Morgan fingerprint density at radius 3 is 2.84 bits per heavy atom. The number of anilines is 1.